The molecule has 1 aromatic carbocycles. The van der Waals surface area contributed by atoms with Crippen LogP contribution in [0.25, 0.3) is 11.1 Å². The Morgan fingerprint density at radius 2 is 2.00 bits per heavy atom. The number of hydrogen-bond donors (Lipinski definition) is 0. The number of piperidine rings is 1. The van der Waals surface area contributed by atoms with Gasteiger partial charge in [-0.05, 0) is 44.1 Å². The van der Waals surface area contributed by atoms with Crippen LogP contribution >= 0.6 is 0 Å². The molecule has 3 rings (SSSR count). The molecule has 0 saturated carbocycles. The molecular weight excluding hydrogens is 348 g/mol. The zero-order valence-electron chi connectivity index (χ0n) is 15.8. The fraction of sp³-hybridized carbons (Fsp3) is 0.474. The topological polar surface area (TPSA) is 90.5 Å². The van der Waals surface area contributed by atoms with Gasteiger partial charge in [-0.2, -0.15) is 0 Å². The van der Waals surface area contributed by atoms with E-state index < -0.39 is 16.6 Å². The van der Waals surface area contributed by atoms with Crippen molar-refractivity contribution in [2.45, 2.75) is 45.3 Å². The van der Waals surface area contributed by atoms with Gasteiger partial charge in [0.05, 0.1) is 18.3 Å². The van der Waals surface area contributed by atoms with Crippen LogP contribution in [0.4, 0.5) is 10.6 Å². The van der Waals surface area contributed by atoms with Crippen LogP contribution in [0.3, 0.4) is 0 Å². The van der Waals surface area contributed by atoms with Gasteiger partial charge in [0.1, 0.15) is 11.6 Å². The van der Waals surface area contributed by atoms with Crippen LogP contribution in [0.5, 0.6) is 0 Å². The van der Waals surface area contributed by atoms with E-state index in [9.17, 15) is 14.9 Å². The third-order valence-electron chi connectivity index (χ3n) is 4.42. The molecule has 1 aliphatic rings. The zero-order chi connectivity index (χ0) is 19.6. The van der Waals surface area contributed by atoms with E-state index in [0.717, 1.165) is 18.4 Å². The first-order valence-corrected chi connectivity index (χ1v) is 9.01. The maximum Gasteiger partial charge on any atom is 0.410 e. The molecule has 0 aliphatic carbocycles. The molecule has 1 fully saturated rings. The smallest absolute Gasteiger partial charge is 0.410 e. The average molecular weight is 372 g/mol. The molecule has 8 heteroatoms. The number of ether oxygens (including phenoxy) is 1. The van der Waals surface area contributed by atoms with Gasteiger partial charge in [-0.15, -0.1) is 4.68 Å². The number of hydrogen-bond acceptors (Lipinski definition) is 5. The summed E-state index contributed by atoms with van der Waals surface area (Å²) in [6.45, 7) is 6.36. The third kappa shape index (κ3) is 4.27. The summed E-state index contributed by atoms with van der Waals surface area (Å²) in [5.74, 6) is -0.0442. The van der Waals surface area contributed by atoms with Gasteiger partial charge < -0.3 is 19.8 Å². The average Bonchev–Trinajstić information content (AvgIpc) is 3.06. The molecule has 27 heavy (non-hydrogen) atoms. The molecule has 144 valence electrons. The normalized spacial score (nSPS) is 17.6. The molecule has 1 aliphatic heterocycles. The van der Waals surface area contributed by atoms with Crippen molar-refractivity contribution in [2.24, 2.45) is 0 Å². The SMILES string of the molecule is CC(C)(C)OC(=O)N1CCCC(n2ncc(-c3ccccc3)c2[N+](=O)[O-])C1. The molecule has 2 heterocycles. The van der Waals surface area contributed by atoms with E-state index in [2.05, 4.69) is 5.10 Å². The van der Waals surface area contributed by atoms with Crippen LogP contribution in [-0.2, 0) is 4.74 Å². The van der Waals surface area contributed by atoms with Gasteiger partial charge in [0.15, 0.2) is 0 Å². The second-order valence-electron chi connectivity index (χ2n) is 7.67. The van der Waals surface area contributed by atoms with Crippen molar-refractivity contribution in [2.75, 3.05) is 13.1 Å². The lowest BCUT2D eigenvalue weighted by atomic mass is 10.1. The van der Waals surface area contributed by atoms with Crippen LogP contribution in [0, 0.1) is 10.1 Å². The first-order chi connectivity index (χ1) is 12.8. The Morgan fingerprint density at radius 3 is 2.63 bits per heavy atom. The maximum absolute atomic E-state index is 12.4. The number of nitro groups is 1. The van der Waals surface area contributed by atoms with E-state index in [1.807, 2.05) is 51.1 Å². The van der Waals surface area contributed by atoms with Gasteiger partial charge in [-0.1, -0.05) is 35.4 Å². The van der Waals surface area contributed by atoms with Gasteiger partial charge in [0.2, 0.25) is 0 Å². The van der Waals surface area contributed by atoms with Gasteiger partial charge in [0, 0.05) is 6.54 Å². The number of amides is 1. The summed E-state index contributed by atoms with van der Waals surface area (Å²) in [5, 5.41) is 16.1. The van der Waals surface area contributed by atoms with Gasteiger partial charge in [-0.3, -0.25) is 0 Å². The minimum atomic E-state index is -0.581. The second kappa shape index (κ2) is 7.38. The summed E-state index contributed by atoms with van der Waals surface area (Å²) in [6, 6.07) is 8.91. The summed E-state index contributed by atoms with van der Waals surface area (Å²) >= 11 is 0. The Labute approximate surface area is 157 Å². The van der Waals surface area contributed by atoms with Gasteiger partial charge in [0.25, 0.3) is 0 Å². The lowest BCUT2D eigenvalue weighted by Crippen LogP contribution is -2.43. The van der Waals surface area contributed by atoms with Crippen molar-refractivity contribution in [1.29, 1.82) is 0 Å². The minimum absolute atomic E-state index is 0.0442. The van der Waals surface area contributed by atoms with Crippen molar-refractivity contribution >= 4 is 11.9 Å². The highest BCUT2D eigenvalue weighted by Crippen LogP contribution is 2.34. The predicted octanol–water partition coefficient (Wildman–Crippen LogP) is 4.03. The van der Waals surface area contributed by atoms with Crippen LogP contribution in [0.15, 0.2) is 36.5 Å². The van der Waals surface area contributed by atoms with E-state index >= 15 is 0 Å². The Morgan fingerprint density at radius 1 is 1.30 bits per heavy atom. The highest BCUT2D eigenvalue weighted by Gasteiger charge is 2.35. The Balaban J connectivity index is 1.87. The highest BCUT2D eigenvalue weighted by molar-refractivity contribution is 5.71. The van der Waals surface area contributed by atoms with E-state index in [1.165, 1.54) is 10.9 Å². The van der Waals surface area contributed by atoms with Crippen LogP contribution in [0.1, 0.15) is 39.7 Å². The van der Waals surface area contributed by atoms with Crippen LogP contribution in [-0.4, -0.2) is 44.4 Å². The minimum Gasteiger partial charge on any atom is -0.444 e. The van der Waals surface area contributed by atoms with Crippen molar-refractivity contribution in [3.05, 3.63) is 46.6 Å². The summed E-state index contributed by atoms with van der Waals surface area (Å²) in [4.78, 5) is 25.3. The van der Waals surface area contributed by atoms with Crippen LogP contribution < -0.4 is 0 Å². The summed E-state index contributed by atoms with van der Waals surface area (Å²) in [5.41, 5.74) is 0.646. The largest absolute Gasteiger partial charge is 0.444 e. The Hall–Kier alpha value is -2.90. The molecule has 1 unspecified atom stereocenters. The molecule has 8 nitrogen and oxygen atoms in total. The van der Waals surface area contributed by atoms with E-state index in [-0.39, 0.29) is 11.9 Å². The zero-order valence-corrected chi connectivity index (χ0v) is 15.8. The van der Waals surface area contributed by atoms with Crippen molar-refractivity contribution < 1.29 is 14.5 Å². The monoisotopic (exact) mass is 372 g/mol. The number of carbonyl (C=O) groups is 1. The quantitative estimate of drug-likeness (QED) is 0.599. The van der Waals surface area contributed by atoms with Gasteiger partial charge in [-0.25, -0.2) is 4.79 Å². The molecule has 1 amide bonds. The molecule has 2 aromatic rings. The van der Waals surface area contributed by atoms with Crippen molar-refractivity contribution in [3.8, 4) is 11.1 Å². The standard InChI is InChI=1S/C19H24N4O4/c1-19(2,3)27-18(24)21-11-7-10-15(13-21)22-17(23(25)26)16(12-20-22)14-8-5-4-6-9-14/h4-6,8-9,12,15H,7,10-11,13H2,1-3H3. The predicted molar refractivity (Wildman–Crippen MR) is 100 cm³/mol. The first kappa shape index (κ1) is 18.9. The second-order valence-corrected chi connectivity index (χ2v) is 7.67. The fourth-order valence-electron chi connectivity index (χ4n) is 3.27. The van der Waals surface area contributed by atoms with Crippen molar-refractivity contribution in [1.82, 2.24) is 14.7 Å². The van der Waals surface area contributed by atoms with E-state index in [0.29, 0.717) is 18.7 Å². The Kier molecular flexibility index (Phi) is 5.16. The maximum atomic E-state index is 12.4. The van der Waals surface area contributed by atoms with E-state index in [1.54, 1.807) is 4.90 Å². The number of rotatable bonds is 3. The number of carbonyl (C=O) groups excluding carboxylic acids is 1. The molecule has 0 radical (unpaired) electrons. The van der Waals surface area contributed by atoms with Crippen molar-refractivity contribution in [3.63, 3.8) is 0 Å². The molecular formula is C19H24N4O4. The number of likely N-dealkylation sites (tertiary alicyclic amines) is 1. The molecule has 1 aromatic heterocycles. The Bertz CT molecular complexity index is 826. The molecule has 1 saturated heterocycles. The molecule has 0 N–H and O–H groups in total. The third-order valence-corrected chi connectivity index (χ3v) is 4.42. The summed E-state index contributed by atoms with van der Waals surface area (Å²) in [7, 11) is 0. The fourth-order valence-corrected chi connectivity index (χ4v) is 3.27. The van der Waals surface area contributed by atoms with Gasteiger partial charge >= 0.3 is 11.9 Å². The number of benzene rings is 1. The lowest BCUT2D eigenvalue weighted by molar-refractivity contribution is -0.392. The first-order valence-electron chi connectivity index (χ1n) is 9.01. The van der Waals surface area contributed by atoms with Crippen LogP contribution in [0.2, 0.25) is 0 Å². The number of aromatic nitrogens is 2. The van der Waals surface area contributed by atoms with E-state index in [4.69, 9.17) is 4.74 Å². The molecule has 0 bridgehead atoms. The molecule has 1 atom stereocenters. The molecule has 0 spiro atoms. The summed E-state index contributed by atoms with van der Waals surface area (Å²) in [6.07, 6.45) is 2.59. The summed E-state index contributed by atoms with van der Waals surface area (Å²) < 4.78 is 6.88. The lowest BCUT2D eigenvalue weighted by Gasteiger charge is -2.32. The highest BCUT2D eigenvalue weighted by atomic mass is 16.6. The number of nitrogens with zero attached hydrogens (tertiary/aromatic N) is 4.